The zero-order chi connectivity index (χ0) is 24.1. The molecule has 4 aromatic rings. The van der Waals surface area contributed by atoms with Crippen LogP contribution in [0.2, 0.25) is 0 Å². The molecule has 0 spiro atoms. The van der Waals surface area contributed by atoms with E-state index in [1.54, 1.807) is 12.1 Å². The van der Waals surface area contributed by atoms with Crippen molar-refractivity contribution in [3.63, 3.8) is 0 Å². The maximum Gasteiger partial charge on any atom is 0.387 e. The minimum atomic E-state index is -2.87. The van der Waals surface area contributed by atoms with Crippen LogP contribution in [-0.2, 0) is 6.54 Å². The van der Waals surface area contributed by atoms with Crippen LogP contribution in [0.15, 0.2) is 65.0 Å². The first-order chi connectivity index (χ1) is 16.4. The second-order valence-electron chi connectivity index (χ2n) is 7.42. The highest BCUT2D eigenvalue weighted by Crippen LogP contribution is 2.28. The fourth-order valence-corrected chi connectivity index (χ4v) is 5.17. The zero-order valence-corrected chi connectivity index (χ0v) is 20.1. The lowest BCUT2D eigenvalue weighted by atomic mass is 10.2. The van der Waals surface area contributed by atoms with Crippen molar-refractivity contribution in [1.29, 1.82) is 0 Å². The molecule has 0 bridgehead atoms. The minimum absolute atomic E-state index is 0.0176. The van der Waals surface area contributed by atoms with E-state index >= 15 is 0 Å². The number of carbonyl (C=O) groups excluding carboxylic acids is 1. The molecule has 2 heterocycles. The third-order valence-electron chi connectivity index (χ3n) is 5.07. The van der Waals surface area contributed by atoms with Crippen molar-refractivity contribution in [2.24, 2.45) is 0 Å². The number of carbonyl (C=O) groups is 1. The van der Waals surface area contributed by atoms with E-state index in [1.807, 2.05) is 54.8 Å². The van der Waals surface area contributed by atoms with Crippen molar-refractivity contribution in [3.05, 3.63) is 83.2 Å². The fraction of sp³-hybridized carbons (Fsp3) is 0.208. The van der Waals surface area contributed by atoms with Crippen molar-refractivity contribution in [2.45, 2.75) is 31.3 Å². The smallest absolute Gasteiger partial charge is 0.387 e. The second-order valence-corrected chi connectivity index (χ2v) is 9.62. The Labute approximate surface area is 204 Å². The largest absolute Gasteiger partial charge is 0.435 e. The second kappa shape index (κ2) is 10.8. The average molecular weight is 501 g/mol. The summed E-state index contributed by atoms with van der Waals surface area (Å²) in [5.41, 5.74) is 4.19. The van der Waals surface area contributed by atoms with Crippen LogP contribution in [0.5, 0.6) is 5.75 Å². The molecule has 34 heavy (non-hydrogen) atoms. The number of nitrogens with zero attached hydrogens (tertiary/aromatic N) is 3. The Morgan fingerprint density at radius 1 is 1.12 bits per heavy atom. The lowest BCUT2D eigenvalue weighted by molar-refractivity contribution is -0.0498. The Balaban J connectivity index is 1.38. The van der Waals surface area contributed by atoms with Gasteiger partial charge < -0.3 is 14.6 Å². The molecule has 2 aromatic heterocycles. The number of aryl methyl sites for hydroxylation is 1. The number of anilines is 1. The molecule has 176 valence electrons. The predicted octanol–water partition coefficient (Wildman–Crippen LogP) is 6.13. The van der Waals surface area contributed by atoms with Gasteiger partial charge >= 0.3 is 6.61 Å². The summed E-state index contributed by atoms with van der Waals surface area (Å²) in [5.74, 6) is 0.304. The molecule has 0 radical (unpaired) electrons. The quantitative estimate of drug-likeness (QED) is 0.209. The molecular weight excluding hydrogens is 478 g/mol. The van der Waals surface area contributed by atoms with Crippen LogP contribution in [0.3, 0.4) is 0 Å². The molecule has 0 unspecified atom stereocenters. The van der Waals surface area contributed by atoms with Crippen molar-refractivity contribution in [2.75, 3.05) is 11.1 Å². The molecule has 2 aromatic carbocycles. The lowest BCUT2D eigenvalue weighted by Gasteiger charge is -2.11. The van der Waals surface area contributed by atoms with Gasteiger partial charge in [-0.3, -0.25) is 4.79 Å². The summed E-state index contributed by atoms with van der Waals surface area (Å²) in [6.07, 6.45) is 0. The topological polar surface area (TPSA) is 69.0 Å². The molecular formula is C24H22F2N4O2S2. The van der Waals surface area contributed by atoms with E-state index in [2.05, 4.69) is 20.3 Å². The number of nitrogens with one attached hydrogen (secondary N) is 1. The molecule has 0 aliphatic heterocycles. The van der Waals surface area contributed by atoms with Crippen LogP contribution in [0.25, 0.3) is 5.69 Å². The van der Waals surface area contributed by atoms with Gasteiger partial charge in [0.1, 0.15) is 5.75 Å². The van der Waals surface area contributed by atoms with Gasteiger partial charge in [-0.25, -0.2) is 0 Å². The van der Waals surface area contributed by atoms with E-state index in [9.17, 15) is 13.6 Å². The highest BCUT2D eigenvalue weighted by atomic mass is 32.2. The Kier molecular flexibility index (Phi) is 7.59. The number of rotatable bonds is 10. The number of hydrogen-bond acceptors (Lipinski definition) is 7. The number of aromatic nitrogens is 3. The molecule has 4 rings (SSSR count). The number of Topliss-reactive ketones (excluding diaryl/α,β-unsaturated/α-hetero) is 1. The lowest BCUT2D eigenvalue weighted by Crippen LogP contribution is -2.06. The molecule has 0 amide bonds. The Hall–Kier alpha value is -3.24. The number of halogens is 2. The summed E-state index contributed by atoms with van der Waals surface area (Å²) < 4.78 is 31.8. The third kappa shape index (κ3) is 5.81. The molecule has 0 fully saturated rings. The first-order valence-electron chi connectivity index (χ1n) is 10.4. The third-order valence-corrected chi connectivity index (χ3v) is 7.09. The SMILES string of the molecule is Cc1cc(C(=O)CSc2nnc(NCc3ccccc3)s2)c(C)n1-c1ccc(OC(F)F)cc1. The van der Waals surface area contributed by atoms with Crippen molar-refractivity contribution >= 4 is 34.0 Å². The van der Waals surface area contributed by atoms with Crippen molar-refractivity contribution < 1.29 is 18.3 Å². The van der Waals surface area contributed by atoms with Crippen molar-refractivity contribution in [3.8, 4) is 11.4 Å². The van der Waals surface area contributed by atoms with Crippen LogP contribution < -0.4 is 10.1 Å². The van der Waals surface area contributed by atoms with Crippen LogP contribution in [0, 0.1) is 13.8 Å². The van der Waals surface area contributed by atoms with Crippen molar-refractivity contribution in [1.82, 2.24) is 14.8 Å². The fourth-order valence-electron chi connectivity index (χ4n) is 3.54. The molecule has 0 saturated heterocycles. The number of hydrogen-bond donors (Lipinski definition) is 1. The summed E-state index contributed by atoms with van der Waals surface area (Å²) in [6, 6.07) is 18.2. The van der Waals surface area contributed by atoms with Crippen LogP contribution in [-0.4, -0.2) is 32.9 Å². The molecule has 0 saturated carbocycles. The van der Waals surface area contributed by atoms with Crippen LogP contribution >= 0.6 is 23.1 Å². The van der Waals surface area contributed by atoms with Gasteiger partial charge in [0.05, 0.1) is 5.75 Å². The average Bonchev–Trinajstić information content (AvgIpc) is 3.40. The first-order valence-corrected chi connectivity index (χ1v) is 12.2. The molecule has 0 atom stereocenters. The van der Waals surface area contributed by atoms with E-state index in [-0.39, 0.29) is 17.3 Å². The van der Waals surface area contributed by atoms with E-state index < -0.39 is 6.61 Å². The summed E-state index contributed by atoms with van der Waals surface area (Å²) in [6.45, 7) is 1.55. The maximum absolute atomic E-state index is 12.9. The molecule has 6 nitrogen and oxygen atoms in total. The Bertz CT molecular complexity index is 1260. The van der Waals surface area contributed by atoms with Crippen LogP contribution in [0.1, 0.15) is 27.3 Å². The number of alkyl halides is 2. The zero-order valence-electron chi connectivity index (χ0n) is 18.5. The number of ether oxygens (including phenoxy) is 1. The summed E-state index contributed by atoms with van der Waals surface area (Å²) >= 11 is 2.76. The number of thioether (sulfide) groups is 1. The van der Waals surface area contributed by atoms with Gasteiger partial charge in [0.2, 0.25) is 5.13 Å². The van der Waals surface area contributed by atoms with Gasteiger partial charge in [-0.1, -0.05) is 53.4 Å². The standard InChI is InChI=1S/C24H22F2N4O2S2/c1-15-12-20(16(2)30(15)18-8-10-19(11-9-18)32-22(25)26)21(31)14-33-24-29-28-23(34-24)27-13-17-6-4-3-5-7-17/h3-12,22H,13-14H2,1-2H3,(H,27,28). The van der Waals surface area contributed by atoms with Gasteiger partial charge in [0.25, 0.3) is 0 Å². The molecule has 10 heteroatoms. The van der Waals surface area contributed by atoms with E-state index in [1.165, 1.54) is 35.2 Å². The number of ketones is 1. The van der Waals surface area contributed by atoms with E-state index in [0.717, 1.165) is 22.6 Å². The van der Waals surface area contributed by atoms with Crippen LogP contribution in [0.4, 0.5) is 13.9 Å². The predicted molar refractivity (Wildman–Crippen MR) is 131 cm³/mol. The van der Waals surface area contributed by atoms with Gasteiger partial charge in [0, 0.05) is 29.2 Å². The summed E-state index contributed by atoms with van der Waals surface area (Å²) in [7, 11) is 0. The van der Waals surface area contributed by atoms with Gasteiger partial charge in [-0.2, -0.15) is 8.78 Å². The summed E-state index contributed by atoms with van der Waals surface area (Å²) in [5, 5.41) is 12.3. The molecule has 0 aliphatic carbocycles. The minimum Gasteiger partial charge on any atom is -0.435 e. The molecule has 1 N–H and O–H groups in total. The monoisotopic (exact) mass is 500 g/mol. The maximum atomic E-state index is 12.9. The Morgan fingerprint density at radius 2 is 1.85 bits per heavy atom. The van der Waals surface area contributed by atoms with Gasteiger partial charge in [-0.05, 0) is 49.7 Å². The van der Waals surface area contributed by atoms with E-state index in [0.29, 0.717) is 21.6 Å². The number of benzene rings is 2. The molecule has 0 aliphatic rings. The Morgan fingerprint density at radius 3 is 2.56 bits per heavy atom. The summed E-state index contributed by atoms with van der Waals surface area (Å²) in [4.78, 5) is 12.9. The van der Waals surface area contributed by atoms with E-state index in [4.69, 9.17) is 0 Å². The highest BCUT2D eigenvalue weighted by molar-refractivity contribution is 8.01. The first kappa shape index (κ1) is 23.9. The normalized spacial score (nSPS) is 11.1. The van der Waals surface area contributed by atoms with Gasteiger partial charge in [0.15, 0.2) is 10.1 Å². The van der Waals surface area contributed by atoms with Gasteiger partial charge in [-0.15, -0.1) is 10.2 Å². The highest BCUT2D eigenvalue weighted by Gasteiger charge is 2.18.